The van der Waals surface area contributed by atoms with Gasteiger partial charge < -0.3 is 4.90 Å². The highest BCUT2D eigenvalue weighted by atomic mass is 15.1. The van der Waals surface area contributed by atoms with E-state index < -0.39 is 0 Å². The zero-order valence-electron chi connectivity index (χ0n) is 36.8. The topological polar surface area (TPSA) is 3.24 Å². The number of hydrogen-bond donors (Lipinski definition) is 0. The van der Waals surface area contributed by atoms with Gasteiger partial charge >= 0.3 is 0 Å². The second-order valence-corrected chi connectivity index (χ2v) is 19.5. The van der Waals surface area contributed by atoms with Crippen molar-refractivity contribution in [3.05, 3.63) is 222 Å². The number of benzene rings is 8. The average molecular weight is 812 g/mol. The molecule has 4 unspecified atom stereocenters. The van der Waals surface area contributed by atoms with Crippen LogP contribution in [0.1, 0.15) is 69.2 Å². The molecule has 1 saturated carbocycles. The van der Waals surface area contributed by atoms with Crippen molar-refractivity contribution < 1.29 is 0 Å². The summed E-state index contributed by atoms with van der Waals surface area (Å²) in [7, 11) is 0. The number of nitrogens with zero attached hydrogens (tertiary/aromatic N) is 1. The van der Waals surface area contributed by atoms with Gasteiger partial charge in [-0.2, -0.15) is 0 Å². The van der Waals surface area contributed by atoms with Crippen LogP contribution >= 0.6 is 0 Å². The Kier molecular flexibility index (Phi) is 8.71. The molecule has 2 bridgehead atoms. The van der Waals surface area contributed by atoms with Gasteiger partial charge in [-0.05, 0) is 170 Å². The third-order valence-electron chi connectivity index (χ3n) is 15.5. The van der Waals surface area contributed by atoms with Crippen LogP contribution in [0, 0.1) is 17.8 Å². The Labute approximate surface area is 373 Å². The Morgan fingerprint density at radius 3 is 1.78 bits per heavy atom. The van der Waals surface area contributed by atoms with E-state index in [4.69, 9.17) is 0 Å². The minimum atomic E-state index is -0.215. The Bertz CT molecular complexity index is 3060. The number of allylic oxidation sites excluding steroid dienone is 2. The van der Waals surface area contributed by atoms with Crippen molar-refractivity contribution in [1.29, 1.82) is 0 Å². The monoisotopic (exact) mass is 811 g/mol. The van der Waals surface area contributed by atoms with Crippen molar-refractivity contribution in [2.75, 3.05) is 4.90 Å². The molecule has 0 aromatic heterocycles. The molecule has 8 aromatic rings. The van der Waals surface area contributed by atoms with Gasteiger partial charge in [0.25, 0.3) is 0 Å². The van der Waals surface area contributed by atoms with E-state index >= 15 is 0 Å². The lowest BCUT2D eigenvalue weighted by atomic mass is 9.54. The average Bonchev–Trinajstić information content (AvgIpc) is 3.73. The van der Waals surface area contributed by atoms with E-state index in [-0.39, 0.29) is 10.8 Å². The molecule has 0 aliphatic heterocycles. The molecule has 8 aromatic carbocycles. The van der Waals surface area contributed by atoms with Gasteiger partial charge in [-0.1, -0.05) is 172 Å². The van der Waals surface area contributed by atoms with E-state index in [0.717, 1.165) is 11.4 Å². The van der Waals surface area contributed by atoms with Crippen molar-refractivity contribution in [2.24, 2.45) is 17.8 Å². The first-order valence-electron chi connectivity index (χ1n) is 23.1. The SMILES string of the molecule is CC1=CC2(c3ccccc3-c3ccc(-c4ccc5c(c4)C(C)(C)c4cc(N(c6ccccc6)c6ccccc6)ccc4-5)c(-c4cccc(-c5ccccc5)c4)c32)C2CC(C)CC1C2. The van der Waals surface area contributed by atoms with Crippen LogP contribution in [0.2, 0.25) is 0 Å². The molecule has 4 aliphatic carbocycles. The van der Waals surface area contributed by atoms with Gasteiger partial charge in [-0.25, -0.2) is 0 Å². The zero-order chi connectivity index (χ0) is 42.5. The predicted octanol–water partition coefficient (Wildman–Crippen LogP) is 16.7. The molecular weight excluding hydrogens is 759 g/mol. The molecule has 4 aliphatic rings. The molecular formula is C62H53N. The van der Waals surface area contributed by atoms with Crippen LogP contribution < -0.4 is 4.90 Å². The van der Waals surface area contributed by atoms with Gasteiger partial charge in [-0.3, -0.25) is 0 Å². The quantitative estimate of drug-likeness (QED) is 0.151. The Hall–Kier alpha value is -6.70. The standard InChI is InChI=1S/C62H53N/c1-40-33-46-36-47(34-40)62(39-41(46)2)56-26-15-14-25-52(56)55-32-31-51(59(60(55)62)45-20-16-19-43(35-45)42-17-8-5-9-18-42)44-27-29-53-54-30-28-50(38-58(54)61(3,4)57(53)37-44)63(48-21-10-6-11-22-48)49-23-12-7-13-24-49/h5-32,35,37-40,46-47H,33-34,36H2,1-4H3. The number of anilines is 3. The normalized spacial score (nSPS) is 21.0. The number of para-hydroxylation sites is 2. The molecule has 1 spiro atoms. The number of fused-ring (bicyclic) bond motifs is 11. The molecule has 0 saturated heterocycles. The Morgan fingerprint density at radius 1 is 0.444 bits per heavy atom. The van der Waals surface area contributed by atoms with Crippen LogP contribution in [-0.4, -0.2) is 0 Å². The molecule has 1 nitrogen and oxygen atoms in total. The summed E-state index contributed by atoms with van der Waals surface area (Å²) in [6, 6.07) is 70.7. The number of rotatable bonds is 6. The van der Waals surface area contributed by atoms with Gasteiger partial charge in [0.2, 0.25) is 0 Å². The summed E-state index contributed by atoms with van der Waals surface area (Å²) >= 11 is 0. The van der Waals surface area contributed by atoms with Gasteiger partial charge in [0, 0.05) is 27.9 Å². The number of hydrogen-bond acceptors (Lipinski definition) is 1. The second kappa shape index (κ2) is 14.4. The van der Waals surface area contributed by atoms with Gasteiger partial charge in [-0.15, -0.1) is 0 Å². The highest BCUT2D eigenvalue weighted by Crippen LogP contribution is 2.64. The van der Waals surface area contributed by atoms with E-state index in [1.54, 1.807) is 5.57 Å². The van der Waals surface area contributed by atoms with Crippen LogP contribution in [0.3, 0.4) is 0 Å². The summed E-state index contributed by atoms with van der Waals surface area (Å²) < 4.78 is 0. The highest BCUT2D eigenvalue weighted by Gasteiger charge is 2.53. The maximum absolute atomic E-state index is 2.75. The highest BCUT2D eigenvalue weighted by molar-refractivity contribution is 5.98. The van der Waals surface area contributed by atoms with E-state index in [0.29, 0.717) is 17.8 Å². The van der Waals surface area contributed by atoms with E-state index in [1.807, 2.05) is 0 Å². The lowest BCUT2D eigenvalue weighted by molar-refractivity contribution is 0.168. The molecule has 4 atom stereocenters. The predicted molar refractivity (Wildman–Crippen MR) is 265 cm³/mol. The molecule has 12 rings (SSSR count). The lowest BCUT2D eigenvalue weighted by Crippen LogP contribution is -2.42. The molecule has 0 heterocycles. The fraction of sp³-hybridized carbons (Fsp3) is 0.194. The van der Waals surface area contributed by atoms with Crippen molar-refractivity contribution in [3.8, 4) is 55.6 Å². The van der Waals surface area contributed by atoms with Crippen LogP contribution in [0.15, 0.2) is 200 Å². The first kappa shape index (κ1) is 38.0. The summed E-state index contributed by atoms with van der Waals surface area (Å²) in [4.78, 5) is 2.38. The summed E-state index contributed by atoms with van der Waals surface area (Å²) in [6.07, 6.45) is 6.57. The zero-order valence-corrected chi connectivity index (χ0v) is 36.8. The van der Waals surface area contributed by atoms with E-state index in [1.165, 1.54) is 103 Å². The first-order valence-corrected chi connectivity index (χ1v) is 23.1. The van der Waals surface area contributed by atoms with Gasteiger partial charge in [0.1, 0.15) is 0 Å². The van der Waals surface area contributed by atoms with Gasteiger partial charge in [0.15, 0.2) is 0 Å². The molecule has 0 N–H and O–H groups in total. The molecule has 0 radical (unpaired) electrons. The Balaban J connectivity index is 1.06. The smallest absolute Gasteiger partial charge is 0.0465 e. The minimum absolute atomic E-state index is 0.193. The van der Waals surface area contributed by atoms with Gasteiger partial charge in [0.05, 0.1) is 0 Å². The third-order valence-corrected chi connectivity index (χ3v) is 15.5. The molecule has 1 heteroatoms. The third kappa shape index (κ3) is 5.82. The van der Waals surface area contributed by atoms with E-state index in [2.05, 4.69) is 227 Å². The molecule has 1 fully saturated rings. The Morgan fingerprint density at radius 2 is 1.03 bits per heavy atom. The van der Waals surface area contributed by atoms with Crippen molar-refractivity contribution in [3.63, 3.8) is 0 Å². The largest absolute Gasteiger partial charge is 0.310 e. The summed E-state index contributed by atoms with van der Waals surface area (Å²) in [6.45, 7) is 9.79. The van der Waals surface area contributed by atoms with Crippen molar-refractivity contribution >= 4 is 17.1 Å². The fourth-order valence-corrected chi connectivity index (χ4v) is 12.6. The van der Waals surface area contributed by atoms with Crippen molar-refractivity contribution in [1.82, 2.24) is 0 Å². The van der Waals surface area contributed by atoms with E-state index in [9.17, 15) is 0 Å². The van der Waals surface area contributed by atoms with Crippen LogP contribution in [0.25, 0.3) is 55.6 Å². The lowest BCUT2D eigenvalue weighted by Gasteiger charge is -2.49. The second-order valence-electron chi connectivity index (χ2n) is 19.5. The summed E-state index contributed by atoms with van der Waals surface area (Å²) in [5, 5.41) is 0. The summed E-state index contributed by atoms with van der Waals surface area (Å²) in [5.41, 5.74) is 23.7. The summed E-state index contributed by atoms with van der Waals surface area (Å²) in [5.74, 6) is 1.91. The van der Waals surface area contributed by atoms with Crippen LogP contribution in [0.4, 0.5) is 17.1 Å². The molecule has 306 valence electrons. The first-order chi connectivity index (χ1) is 30.8. The maximum atomic E-state index is 2.75. The van der Waals surface area contributed by atoms with Crippen LogP contribution in [-0.2, 0) is 10.8 Å². The fourth-order valence-electron chi connectivity index (χ4n) is 12.6. The molecule has 63 heavy (non-hydrogen) atoms. The molecule has 0 amide bonds. The minimum Gasteiger partial charge on any atom is -0.310 e. The maximum Gasteiger partial charge on any atom is 0.0465 e. The van der Waals surface area contributed by atoms with Crippen LogP contribution in [0.5, 0.6) is 0 Å². The van der Waals surface area contributed by atoms with Crippen molar-refractivity contribution in [2.45, 2.75) is 57.8 Å².